The number of hydrogen-bond donors (Lipinski definition) is 1. The van der Waals surface area contributed by atoms with Crippen LogP contribution in [-0.2, 0) is 13.6 Å². The van der Waals surface area contributed by atoms with Crippen molar-refractivity contribution in [3.63, 3.8) is 0 Å². The van der Waals surface area contributed by atoms with Crippen LogP contribution in [0, 0.1) is 5.92 Å². The number of hydrogen-bond acceptors (Lipinski definition) is 2. The molecule has 0 unspecified atom stereocenters. The van der Waals surface area contributed by atoms with E-state index in [1.165, 1.54) is 11.9 Å². The van der Waals surface area contributed by atoms with Crippen LogP contribution in [0.15, 0.2) is 12.4 Å². The Bertz CT molecular complexity index is 508. The Morgan fingerprint density at radius 2 is 2.14 bits per heavy atom. The molecule has 1 aliphatic carbocycles. The minimum absolute atomic E-state index is 0.217. The molecule has 1 heterocycles. The zero-order chi connectivity index (χ0) is 16.3. The second-order valence-corrected chi connectivity index (χ2v) is 5.89. The summed E-state index contributed by atoms with van der Waals surface area (Å²) >= 11 is 0. The van der Waals surface area contributed by atoms with E-state index in [1.54, 1.807) is 24.1 Å². The number of aromatic nitrogens is 2. The smallest absolute Gasteiger partial charge is 0.326 e. The molecule has 0 bridgehead atoms. The second kappa shape index (κ2) is 6.58. The van der Waals surface area contributed by atoms with Crippen LogP contribution < -0.4 is 5.32 Å². The summed E-state index contributed by atoms with van der Waals surface area (Å²) in [5, 5.41) is 6.13. The van der Waals surface area contributed by atoms with Gasteiger partial charge in [-0.3, -0.25) is 4.68 Å². The highest BCUT2D eigenvalue weighted by Gasteiger charge is 2.46. The Balaban J connectivity index is 1.97. The van der Waals surface area contributed by atoms with E-state index in [0.717, 1.165) is 18.4 Å². The van der Waals surface area contributed by atoms with E-state index in [-0.39, 0.29) is 6.54 Å². The van der Waals surface area contributed by atoms with E-state index in [1.807, 2.05) is 0 Å². The minimum atomic E-state index is -4.42. The quantitative estimate of drug-likeness (QED) is 0.928. The predicted octanol–water partition coefficient (Wildman–Crippen LogP) is 2.68. The van der Waals surface area contributed by atoms with Crippen molar-refractivity contribution in [2.45, 2.75) is 44.4 Å². The number of carbonyl (C=O) groups excluding carboxylic acids is 1. The maximum Gasteiger partial charge on any atom is 0.408 e. The number of rotatable bonds is 4. The number of alkyl halides is 3. The molecular formula is C14H21F3N4O. The minimum Gasteiger partial charge on any atom is -0.326 e. The van der Waals surface area contributed by atoms with Gasteiger partial charge < -0.3 is 10.2 Å². The lowest BCUT2D eigenvalue weighted by molar-refractivity contribution is -0.165. The molecular weight excluding hydrogens is 297 g/mol. The first-order valence-corrected chi connectivity index (χ1v) is 7.33. The molecule has 124 valence electrons. The van der Waals surface area contributed by atoms with Crippen molar-refractivity contribution in [3.8, 4) is 0 Å². The molecule has 0 radical (unpaired) electrons. The molecule has 0 aliphatic heterocycles. The van der Waals surface area contributed by atoms with E-state index in [0.29, 0.717) is 12.8 Å². The average molecular weight is 318 g/mol. The highest BCUT2D eigenvalue weighted by atomic mass is 19.4. The third-order valence-electron chi connectivity index (χ3n) is 4.03. The summed E-state index contributed by atoms with van der Waals surface area (Å²) in [5.41, 5.74) is 0.768. The topological polar surface area (TPSA) is 50.2 Å². The summed E-state index contributed by atoms with van der Waals surface area (Å²) in [6.45, 7) is 0.217. The van der Waals surface area contributed by atoms with Crippen molar-refractivity contribution in [2.75, 3.05) is 7.05 Å². The third-order valence-corrected chi connectivity index (χ3v) is 4.03. The second-order valence-electron chi connectivity index (χ2n) is 5.89. The molecule has 2 rings (SSSR count). The first-order valence-electron chi connectivity index (χ1n) is 7.33. The van der Waals surface area contributed by atoms with Gasteiger partial charge in [-0.15, -0.1) is 0 Å². The molecule has 1 aromatic rings. The van der Waals surface area contributed by atoms with Gasteiger partial charge in [-0.2, -0.15) is 18.3 Å². The summed E-state index contributed by atoms with van der Waals surface area (Å²) < 4.78 is 41.1. The Labute approximate surface area is 127 Å². The van der Waals surface area contributed by atoms with Crippen molar-refractivity contribution >= 4 is 6.03 Å². The molecule has 1 fully saturated rings. The van der Waals surface area contributed by atoms with Gasteiger partial charge in [-0.25, -0.2) is 4.79 Å². The Hall–Kier alpha value is -1.73. The van der Waals surface area contributed by atoms with E-state index in [9.17, 15) is 18.0 Å². The molecule has 8 heteroatoms. The fraction of sp³-hybridized carbons (Fsp3) is 0.714. The molecule has 0 spiro atoms. The SMILES string of the molecule is CN(Cc1cnn(C)c1)C(=O)N[C@H](C1CCCC1)C(F)(F)F. The van der Waals surface area contributed by atoms with Crippen LogP contribution in [0.3, 0.4) is 0 Å². The molecule has 1 atom stereocenters. The van der Waals surface area contributed by atoms with Crippen molar-refractivity contribution in [2.24, 2.45) is 13.0 Å². The predicted molar refractivity (Wildman–Crippen MR) is 75.0 cm³/mol. The summed E-state index contributed by atoms with van der Waals surface area (Å²) in [6.07, 6.45) is 1.49. The number of halogens is 3. The Morgan fingerprint density at radius 3 is 2.64 bits per heavy atom. The number of urea groups is 1. The van der Waals surface area contributed by atoms with Crippen LogP contribution in [0.25, 0.3) is 0 Å². The molecule has 0 aromatic carbocycles. The van der Waals surface area contributed by atoms with Crippen LogP contribution in [0.4, 0.5) is 18.0 Å². The summed E-state index contributed by atoms with van der Waals surface area (Å²) in [6, 6.07) is -2.48. The van der Waals surface area contributed by atoms with Gasteiger partial charge in [-0.1, -0.05) is 12.8 Å². The van der Waals surface area contributed by atoms with Crippen LogP contribution in [-0.4, -0.2) is 40.0 Å². The highest BCUT2D eigenvalue weighted by molar-refractivity contribution is 5.74. The number of carbonyl (C=O) groups is 1. The molecule has 22 heavy (non-hydrogen) atoms. The van der Waals surface area contributed by atoms with Gasteiger partial charge in [0.25, 0.3) is 0 Å². The van der Waals surface area contributed by atoms with Crippen molar-refractivity contribution in [1.82, 2.24) is 20.0 Å². The lowest BCUT2D eigenvalue weighted by atomic mass is 9.98. The zero-order valence-electron chi connectivity index (χ0n) is 12.7. The maximum absolute atomic E-state index is 13.2. The van der Waals surface area contributed by atoms with Crippen molar-refractivity contribution in [3.05, 3.63) is 18.0 Å². The van der Waals surface area contributed by atoms with Gasteiger partial charge >= 0.3 is 12.2 Å². The van der Waals surface area contributed by atoms with E-state index >= 15 is 0 Å². The fourth-order valence-electron chi connectivity index (χ4n) is 2.90. The molecule has 1 saturated carbocycles. The van der Waals surface area contributed by atoms with E-state index in [4.69, 9.17) is 0 Å². The van der Waals surface area contributed by atoms with E-state index < -0.39 is 24.2 Å². The number of aryl methyl sites for hydroxylation is 1. The standard InChI is InChI=1S/C14H21F3N4O/c1-20(8-10-7-18-21(2)9-10)13(22)19-12(14(15,16)17)11-5-3-4-6-11/h7,9,11-12H,3-6,8H2,1-2H3,(H,19,22)/t12-/m1/s1. The summed E-state index contributed by atoms with van der Waals surface area (Å²) in [7, 11) is 3.22. The summed E-state index contributed by atoms with van der Waals surface area (Å²) in [5.74, 6) is -0.518. The number of nitrogens with zero attached hydrogens (tertiary/aromatic N) is 3. The number of amides is 2. The normalized spacial score (nSPS) is 17.5. The summed E-state index contributed by atoms with van der Waals surface area (Å²) in [4.78, 5) is 13.3. The lowest BCUT2D eigenvalue weighted by Crippen LogP contribution is -2.52. The number of nitrogens with one attached hydrogen (secondary N) is 1. The Kier molecular flexibility index (Phi) is 4.97. The fourth-order valence-corrected chi connectivity index (χ4v) is 2.90. The third kappa shape index (κ3) is 4.14. The van der Waals surface area contributed by atoms with Crippen LogP contribution >= 0.6 is 0 Å². The lowest BCUT2D eigenvalue weighted by Gasteiger charge is -2.29. The van der Waals surface area contributed by atoms with Gasteiger partial charge in [0.05, 0.1) is 12.7 Å². The van der Waals surface area contributed by atoms with Gasteiger partial charge in [-0.05, 0) is 18.8 Å². The molecule has 1 N–H and O–H groups in total. The average Bonchev–Trinajstić information content (AvgIpc) is 3.06. The van der Waals surface area contributed by atoms with Crippen LogP contribution in [0.2, 0.25) is 0 Å². The van der Waals surface area contributed by atoms with Gasteiger partial charge in [0, 0.05) is 25.9 Å². The molecule has 1 aliphatic rings. The molecule has 2 amide bonds. The monoisotopic (exact) mass is 318 g/mol. The Morgan fingerprint density at radius 1 is 1.50 bits per heavy atom. The molecule has 1 aromatic heterocycles. The molecule has 0 saturated heterocycles. The van der Waals surface area contributed by atoms with E-state index in [2.05, 4.69) is 10.4 Å². The van der Waals surface area contributed by atoms with Crippen LogP contribution in [0.5, 0.6) is 0 Å². The highest BCUT2D eigenvalue weighted by Crippen LogP contribution is 2.35. The first kappa shape index (κ1) is 16.6. The van der Waals surface area contributed by atoms with Crippen LogP contribution in [0.1, 0.15) is 31.2 Å². The van der Waals surface area contributed by atoms with Gasteiger partial charge in [0.1, 0.15) is 6.04 Å². The maximum atomic E-state index is 13.2. The largest absolute Gasteiger partial charge is 0.408 e. The van der Waals surface area contributed by atoms with Gasteiger partial charge in [0.15, 0.2) is 0 Å². The van der Waals surface area contributed by atoms with Crippen molar-refractivity contribution < 1.29 is 18.0 Å². The van der Waals surface area contributed by atoms with Gasteiger partial charge in [0.2, 0.25) is 0 Å². The zero-order valence-corrected chi connectivity index (χ0v) is 12.7. The first-order chi connectivity index (χ1) is 10.3. The molecule has 5 nitrogen and oxygen atoms in total. The van der Waals surface area contributed by atoms with Crippen molar-refractivity contribution in [1.29, 1.82) is 0 Å².